The van der Waals surface area contributed by atoms with Gasteiger partial charge in [-0.05, 0) is 111 Å². The van der Waals surface area contributed by atoms with E-state index in [1.165, 1.54) is 64.7 Å². The fourth-order valence-electron chi connectivity index (χ4n) is 9.94. The number of hydrogen-bond acceptors (Lipinski definition) is 11. The molecule has 0 aromatic heterocycles. The Bertz CT molecular complexity index is 1250. The predicted octanol–water partition coefficient (Wildman–Crippen LogP) is 9.10. The molecule has 0 radical (unpaired) electrons. The Labute approximate surface area is 370 Å². The van der Waals surface area contributed by atoms with Gasteiger partial charge in [-0.3, -0.25) is 9.80 Å². The van der Waals surface area contributed by atoms with Crippen molar-refractivity contribution in [1.82, 2.24) is 9.80 Å². The number of aliphatic hydroxyl groups is 2. The minimum atomic E-state index is -2.76. The summed E-state index contributed by atoms with van der Waals surface area (Å²) >= 11 is -2.08. The van der Waals surface area contributed by atoms with Gasteiger partial charge in [-0.25, -0.2) is 0 Å². The summed E-state index contributed by atoms with van der Waals surface area (Å²) in [5, 5.41) is 19.4. The van der Waals surface area contributed by atoms with Gasteiger partial charge >= 0.3 is 41.5 Å². The molecule has 0 bridgehead atoms. The van der Waals surface area contributed by atoms with E-state index in [0.717, 1.165) is 31.5 Å². The minimum absolute atomic E-state index is 0.0435. The van der Waals surface area contributed by atoms with Crippen LogP contribution >= 0.6 is 0 Å². The van der Waals surface area contributed by atoms with Crippen molar-refractivity contribution in [2.24, 2.45) is 10.8 Å². The first-order valence-corrected chi connectivity index (χ1v) is 29.2. The van der Waals surface area contributed by atoms with Crippen molar-refractivity contribution in [1.29, 1.82) is 0 Å². The summed E-state index contributed by atoms with van der Waals surface area (Å²) in [5.41, 5.74) is 1.92. The quantitative estimate of drug-likeness (QED) is 0.144. The molecule has 5 aliphatic rings. The fraction of sp³-hybridized carbons (Fsp3) is 0.956. The molecule has 5 saturated heterocycles. The summed E-state index contributed by atoms with van der Waals surface area (Å²) in [5.74, 6) is 0. The third kappa shape index (κ3) is 15.1. The number of nitrogens with zero attached hydrogens (tertiary/aromatic N) is 2. The molecule has 0 spiro atoms. The Kier molecular flexibility index (Phi) is 21.6. The van der Waals surface area contributed by atoms with Crippen LogP contribution in [-0.4, -0.2) is 125 Å². The van der Waals surface area contributed by atoms with Gasteiger partial charge in [-0.15, -0.1) is 0 Å². The topological polar surface area (TPSA) is 127 Å². The molecule has 348 valence electrons. The normalized spacial score (nSPS) is 31.0. The van der Waals surface area contributed by atoms with Crippen LogP contribution in [0.3, 0.4) is 0 Å². The molecule has 11 nitrogen and oxygen atoms in total. The van der Waals surface area contributed by atoms with E-state index in [1.807, 2.05) is 6.08 Å². The van der Waals surface area contributed by atoms with E-state index in [1.54, 1.807) is 6.08 Å². The number of fused-ring (bicyclic) bond motifs is 2. The second-order valence-corrected chi connectivity index (χ2v) is 30.9. The van der Waals surface area contributed by atoms with Crippen LogP contribution in [0, 0.1) is 10.8 Å². The van der Waals surface area contributed by atoms with Crippen molar-refractivity contribution in [2.75, 3.05) is 39.4 Å². The molecule has 0 amide bonds. The first-order chi connectivity index (χ1) is 27.5. The Morgan fingerprint density at radius 3 is 1.63 bits per heavy atom. The van der Waals surface area contributed by atoms with Crippen LogP contribution < -0.4 is 0 Å². The number of ether oxygens (including phenoxy) is 2. The predicted molar refractivity (Wildman–Crippen MR) is 236 cm³/mol. The van der Waals surface area contributed by atoms with E-state index in [9.17, 15) is 10.2 Å². The molecule has 5 fully saturated rings. The third-order valence-corrected chi connectivity index (χ3v) is 23.6. The number of rotatable bonds is 12. The molecule has 0 aromatic carbocycles. The second-order valence-electron chi connectivity index (χ2n) is 21.6. The molecule has 2 N–H and O–H groups in total. The summed E-state index contributed by atoms with van der Waals surface area (Å²) in [6.45, 7) is 37.7. The molecule has 14 heteroatoms. The van der Waals surface area contributed by atoms with Crippen LogP contribution in [-0.2, 0) is 46.8 Å². The standard InChI is InChI=1S/C25H48O7Si2.C20H40N2.2O.Os/c1-16(2)33(17(3)4)30-24-14-23-21(10-9-13-28-23)29-22(12-11-20(27)15-26)25(24)31-34(32-33,18(5)6)19(7)8;1-19(2,3)11-15-21-13-7-9-17(21)18-10-8-14-22(18)16-12-20(4,5)6;;;/h11-12,16-27H,9-10,13-15H2,1-8H3;17-18H,7-16H2,1-6H3;;;/b12-11+;;;;/t20-,21+,22-,23-,24+,25-;17-,18-;;;/m10.../s1. The molecule has 59 heavy (non-hydrogen) atoms. The molecular formula is C45H88N2O9OsSi2. The van der Waals surface area contributed by atoms with Gasteiger partial charge in [0.1, 0.15) is 12.2 Å². The molecule has 5 rings (SSSR count). The molecule has 0 aliphatic carbocycles. The first-order valence-electron chi connectivity index (χ1n) is 23.2. The van der Waals surface area contributed by atoms with Crippen LogP contribution in [0.2, 0.25) is 22.2 Å². The number of hydrogen-bond donors (Lipinski definition) is 2. The molecule has 8 atom stereocenters. The fourth-order valence-corrected chi connectivity index (χ4v) is 21.3. The average Bonchev–Trinajstić information content (AvgIpc) is 3.75. The second kappa shape index (κ2) is 23.8. The van der Waals surface area contributed by atoms with Crippen LogP contribution in [0.5, 0.6) is 0 Å². The monoisotopic (exact) mass is 1050 g/mol. The van der Waals surface area contributed by atoms with Crippen molar-refractivity contribution in [3.05, 3.63) is 12.2 Å². The van der Waals surface area contributed by atoms with Crippen molar-refractivity contribution < 1.29 is 57.0 Å². The summed E-state index contributed by atoms with van der Waals surface area (Å²) in [6, 6.07) is 1.68. The van der Waals surface area contributed by atoms with Gasteiger partial charge in [-0.1, -0.05) is 109 Å². The van der Waals surface area contributed by atoms with E-state index < -0.39 is 46.6 Å². The van der Waals surface area contributed by atoms with E-state index in [2.05, 4.69) is 107 Å². The van der Waals surface area contributed by atoms with Gasteiger partial charge in [0.25, 0.3) is 0 Å². The van der Waals surface area contributed by atoms with Crippen molar-refractivity contribution in [2.45, 2.75) is 226 Å². The van der Waals surface area contributed by atoms with Gasteiger partial charge in [-0.2, -0.15) is 0 Å². The Hall–Kier alpha value is 0.0501. The average molecular weight is 1050 g/mol. The maximum atomic E-state index is 10.1. The summed E-state index contributed by atoms with van der Waals surface area (Å²) in [6.07, 6.45) is 12.4. The summed E-state index contributed by atoms with van der Waals surface area (Å²) in [4.78, 5) is 5.65. The molecule has 5 aliphatic heterocycles. The summed E-state index contributed by atoms with van der Waals surface area (Å²) < 4.78 is 51.6. The van der Waals surface area contributed by atoms with E-state index >= 15 is 0 Å². The van der Waals surface area contributed by atoms with E-state index in [4.69, 9.17) is 29.5 Å². The Morgan fingerprint density at radius 2 is 1.19 bits per heavy atom. The zero-order chi connectivity index (χ0) is 44.3. The zero-order valence-corrected chi connectivity index (χ0v) is 44.2. The van der Waals surface area contributed by atoms with Crippen molar-refractivity contribution >= 4 is 17.1 Å². The SMILES string of the molecule is CC(C)(C)CCN1CCC[C@H]1[C@@H]1CCCN1CCC(C)(C)C.CC(C)[Si]1(C(C)C)O[C@H]2[C@H](C[C@H]3OCCC[C@@H]3O[C@@H]2/C=C/[C@@H](O)CO)O[Si](C(C)C)(C(C)C)O1.[O]=[Os]=[O]. The number of aliphatic hydroxyl groups excluding tert-OH is 2. The number of likely N-dealkylation sites (tertiary alicyclic amines) is 2. The molecular weight excluding hydrogens is 959 g/mol. The van der Waals surface area contributed by atoms with Crippen LogP contribution in [0.4, 0.5) is 0 Å². The van der Waals surface area contributed by atoms with E-state index in [-0.39, 0.29) is 53.2 Å². The molecule has 0 saturated carbocycles. The molecule has 0 aromatic rings. The third-order valence-electron chi connectivity index (χ3n) is 13.3. The Balaban J connectivity index is 0.000000320. The van der Waals surface area contributed by atoms with E-state index in [0.29, 0.717) is 17.3 Å². The van der Waals surface area contributed by atoms with Crippen LogP contribution in [0.15, 0.2) is 12.2 Å². The van der Waals surface area contributed by atoms with Crippen LogP contribution in [0.25, 0.3) is 0 Å². The maximum absolute atomic E-state index is 10.1. The Morgan fingerprint density at radius 1 is 0.712 bits per heavy atom. The van der Waals surface area contributed by atoms with Gasteiger partial charge in [0.05, 0.1) is 31.0 Å². The zero-order valence-electron chi connectivity index (χ0n) is 39.7. The molecule has 5 heterocycles. The van der Waals surface area contributed by atoms with Crippen molar-refractivity contribution in [3.63, 3.8) is 0 Å². The molecule has 0 unspecified atom stereocenters. The van der Waals surface area contributed by atoms with Crippen molar-refractivity contribution in [3.8, 4) is 0 Å². The summed E-state index contributed by atoms with van der Waals surface area (Å²) in [7, 11) is -5.47. The van der Waals surface area contributed by atoms with Gasteiger partial charge in [0.2, 0.25) is 0 Å². The van der Waals surface area contributed by atoms with Gasteiger partial charge in [0, 0.05) is 25.1 Å². The van der Waals surface area contributed by atoms with Crippen LogP contribution in [0.1, 0.15) is 155 Å². The van der Waals surface area contributed by atoms with Gasteiger partial charge in [0.15, 0.2) is 0 Å². The first kappa shape index (κ1) is 53.4. The van der Waals surface area contributed by atoms with Gasteiger partial charge < -0.3 is 32.7 Å².